The molecule has 2 unspecified atom stereocenters. The highest BCUT2D eigenvalue weighted by atomic mass is 16.4. The topological polar surface area (TPSA) is 49.3 Å². The maximum absolute atomic E-state index is 10.5. The summed E-state index contributed by atoms with van der Waals surface area (Å²) in [5, 5.41) is 12.0. The van der Waals surface area contributed by atoms with Gasteiger partial charge in [-0.05, 0) is 29.9 Å². The number of hydrogen-bond donors (Lipinski definition) is 2. The normalized spacial score (nSPS) is 23.1. The summed E-state index contributed by atoms with van der Waals surface area (Å²) >= 11 is 0. The van der Waals surface area contributed by atoms with Crippen LogP contribution in [0.1, 0.15) is 49.3 Å². The van der Waals surface area contributed by atoms with E-state index in [4.69, 9.17) is 5.11 Å². The quantitative estimate of drug-likeness (QED) is 0.840. The monoisotopic (exact) mass is 233 g/mol. The molecule has 0 bridgehead atoms. The van der Waals surface area contributed by atoms with Crippen LogP contribution in [0.2, 0.25) is 0 Å². The van der Waals surface area contributed by atoms with Gasteiger partial charge in [-0.3, -0.25) is 4.79 Å². The minimum Gasteiger partial charge on any atom is -0.481 e. The number of nitrogens with one attached hydrogen (secondary N) is 1. The van der Waals surface area contributed by atoms with E-state index in [1.165, 1.54) is 17.5 Å². The van der Waals surface area contributed by atoms with Crippen molar-refractivity contribution in [2.75, 3.05) is 6.54 Å². The summed E-state index contributed by atoms with van der Waals surface area (Å²) in [5.74, 6) is -0.126. The van der Waals surface area contributed by atoms with Crippen molar-refractivity contribution in [2.45, 2.75) is 38.1 Å². The van der Waals surface area contributed by atoms with Crippen molar-refractivity contribution in [2.24, 2.45) is 0 Å². The van der Waals surface area contributed by atoms with Crippen LogP contribution < -0.4 is 5.32 Å². The number of rotatable bonds is 4. The predicted molar refractivity (Wildman–Crippen MR) is 67.1 cm³/mol. The Hall–Kier alpha value is -1.35. The fourth-order valence-corrected chi connectivity index (χ4v) is 2.57. The van der Waals surface area contributed by atoms with Gasteiger partial charge in [-0.2, -0.15) is 0 Å². The maximum Gasteiger partial charge on any atom is 0.304 e. The summed E-state index contributed by atoms with van der Waals surface area (Å²) in [6.07, 6.45) is 2.45. The van der Waals surface area contributed by atoms with Gasteiger partial charge in [-0.1, -0.05) is 31.2 Å². The summed E-state index contributed by atoms with van der Waals surface area (Å²) in [4.78, 5) is 10.5. The molecule has 3 nitrogen and oxygen atoms in total. The highest BCUT2D eigenvalue weighted by Crippen LogP contribution is 2.36. The van der Waals surface area contributed by atoms with Crippen LogP contribution in [-0.2, 0) is 4.79 Å². The molecule has 1 aromatic rings. The zero-order valence-electron chi connectivity index (χ0n) is 10.1. The van der Waals surface area contributed by atoms with Crippen LogP contribution in [0, 0.1) is 0 Å². The summed E-state index contributed by atoms with van der Waals surface area (Å²) < 4.78 is 0. The van der Waals surface area contributed by atoms with E-state index in [2.05, 4.69) is 36.5 Å². The lowest BCUT2D eigenvalue weighted by molar-refractivity contribution is -0.136. The molecule has 3 heteroatoms. The van der Waals surface area contributed by atoms with Crippen LogP contribution in [0.4, 0.5) is 0 Å². The lowest BCUT2D eigenvalue weighted by atomic mass is 9.81. The standard InChI is InChI=1S/C14H19NO2/c1-10-6-7-13(15-9-8-14(16)17)12-5-3-2-4-11(10)12/h2-5,10,13,15H,6-9H2,1H3,(H,16,17). The molecule has 0 saturated heterocycles. The van der Waals surface area contributed by atoms with Gasteiger partial charge in [0.05, 0.1) is 6.42 Å². The number of carboxylic acids is 1. The molecule has 0 radical (unpaired) electrons. The Bertz CT molecular complexity index is 403. The van der Waals surface area contributed by atoms with Crippen molar-refractivity contribution in [3.63, 3.8) is 0 Å². The van der Waals surface area contributed by atoms with E-state index >= 15 is 0 Å². The van der Waals surface area contributed by atoms with Gasteiger partial charge in [0.2, 0.25) is 0 Å². The van der Waals surface area contributed by atoms with Crippen molar-refractivity contribution in [3.05, 3.63) is 35.4 Å². The predicted octanol–water partition coefficient (Wildman–Crippen LogP) is 2.69. The number of hydrogen-bond acceptors (Lipinski definition) is 2. The number of fused-ring (bicyclic) bond motifs is 1. The molecule has 0 fully saturated rings. The van der Waals surface area contributed by atoms with Crippen LogP contribution in [0.3, 0.4) is 0 Å². The van der Waals surface area contributed by atoms with Gasteiger partial charge in [-0.25, -0.2) is 0 Å². The minimum atomic E-state index is -0.741. The summed E-state index contributed by atoms with van der Waals surface area (Å²) in [6.45, 7) is 2.80. The largest absolute Gasteiger partial charge is 0.481 e. The van der Waals surface area contributed by atoms with Gasteiger partial charge in [0.25, 0.3) is 0 Å². The first-order chi connectivity index (χ1) is 8.18. The van der Waals surface area contributed by atoms with Crippen LogP contribution in [-0.4, -0.2) is 17.6 Å². The maximum atomic E-state index is 10.5. The van der Waals surface area contributed by atoms with E-state index in [0.29, 0.717) is 18.5 Å². The third-order valence-electron chi connectivity index (χ3n) is 3.52. The van der Waals surface area contributed by atoms with Crippen LogP contribution in [0.25, 0.3) is 0 Å². The van der Waals surface area contributed by atoms with E-state index in [0.717, 1.165) is 6.42 Å². The Morgan fingerprint density at radius 1 is 1.35 bits per heavy atom. The molecule has 0 amide bonds. The molecular weight excluding hydrogens is 214 g/mol. The molecule has 0 aliphatic heterocycles. The Balaban J connectivity index is 2.05. The molecule has 1 aromatic carbocycles. The van der Waals surface area contributed by atoms with Crippen LogP contribution in [0.5, 0.6) is 0 Å². The summed E-state index contributed by atoms with van der Waals surface area (Å²) in [5.41, 5.74) is 2.75. The van der Waals surface area contributed by atoms with E-state index < -0.39 is 5.97 Å². The van der Waals surface area contributed by atoms with Crippen molar-refractivity contribution in [3.8, 4) is 0 Å². The zero-order valence-corrected chi connectivity index (χ0v) is 10.1. The van der Waals surface area contributed by atoms with Gasteiger partial charge in [-0.15, -0.1) is 0 Å². The van der Waals surface area contributed by atoms with Crippen molar-refractivity contribution in [1.29, 1.82) is 0 Å². The molecule has 2 rings (SSSR count). The molecule has 2 atom stereocenters. The Morgan fingerprint density at radius 3 is 2.76 bits per heavy atom. The zero-order chi connectivity index (χ0) is 12.3. The number of benzene rings is 1. The lowest BCUT2D eigenvalue weighted by Crippen LogP contribution is -2.28. The smallest absolute Gasteiger partial charge is 0.304 e. The SMILES string of the molecule is CC1CCC(NCCC(=O)O)c2ccccc21. The van der Waals surface area contributed by atoms with E-state index in [-0.39, 0.29) is 6.42 Å². The van der Waals surface area contributed by atoms with Gasteiger partial charge >= 0.3 is 5.97 Å². The van der Waals surface area contributed by atoms with Crippen molar-refractivity contribution < 1.29 is 9.90 Å². The third kappa shape index (κ3) is 2.86. The first-order valence-corrected chi connectivity index (χ1v) is 6.22. The van der Waals surface area contributed by atoms with Gasteiger partial charge in [0, 0.05) is 12.6 Å². The van der Waals surface area contributed by atoms with E-state index in [9.17, 15) is 4.79 Å². The summed E-state index contributed by atoms with van der Waals surface area (Å²) in [7, 11) is 0. The fraction of sp³-hybridized carbons (Fsp3) is 0.500. The molecule has 0 spiro atoms. The first-order valence-electron chi connectivity index (χ1n) is 6.22. The molecular formula is C14H19NO2. The lowest BCUT2D eigenvalue weighted by Gasteiger charge is -2.30. The van der Waals surface area contributed by atoms with Gasteiger partial charge in [0.15, 0.2) is 0 Å². The third-order valence-corrected chi connectivity index (χ3v) is 3.52. The number of carboxylic acid groups (broad SMARTS) is 1. The Morgan fingerprint density at radius 2 is 2.06 bits per heavy atom. The highest BCUT2D eigenvalue weighted by Gasteiger charge is 2.23. The average Bonchev–Trinajstić information content (AvgIpc) is 2.32. The van der Waals surface area contributed by atoms with Crippen LogP contribution in [0.15, 0.2) is 24.3 Å². The molecule has 92 valence electrons. The molecule has 0 aromatic heterocycles. The second kappa shape index (κ2) is 5.32. The van der Waals surface area contributed by atoms with Crippen LogP contribution >= 0.6 is 0 Å². The average molecular weight is 233 g/mol. The molecule has 1 aliphatic carbocycles. The fourth-order valence-electron chi connectivity index (χ4n) is 2.57. The molecule has 17 heavy (non-hydrogen) atoms. The summed E-state index contributed by atoms with van der Waals surface area (Å²) in [6, 6.07) is 8.80. The van der Waals surface area contributed by atoms with E-state index in [1.54, 1.807) is 0 Å². The first kappa shape index (κ1) is 12.1. The molecule has 0 heterocycles. The Kier molecular flexibility index (Phi) is 3.79. The van der Waals surface area contributed by atoms with Gasteiger partial charge in [0.1, 0.15) is 0 Å². The second-order valence-corrected chi connectivity index (χ2v) is 4.76. The minimum absolute atomic E-state index is 0.189. The van der Waals surface area contributed by atoms with E-state index in [1.807, 2.05) is 0 Å². The second-order valence-electron chi connectivity index (χ2n) is 4.76. The molecule has 2 N–H and O–H groups in total. The molecule has 0 saturated carbocycles. The number of carbonyl (C=O) groups is 1. The number of aliphatic carboxylic acids is 1. The van der Waals surface area contributed by atoms with Gasteiger partial charge < -0.3 is 10.4 Å². The van der Waals surface area contributed by atoms with Crippen molar-refractivity contribution in [1.82, 2.24) is 5.32 Å². The Labute approximate surface area is 102 Å². The molecule has 1 aliphatic rings. The highest BCUT2D eigenvalue weighted by molar-refractivity contribution is 5.66. The van der Waals surface area contributed by atoms with Crippen molar-refractivity contribution >= 4 is 5.97 Å².